The quantitative estimate of drug-likeness (QED) is 0.548. The average Bonchev–Trinajstić information content (AvgIpc) is 2.89. The van der Waals surface area contributed by atoms with Crippen LogP contribution in [0, 0.1) is 0 Å². The first kappa shape index (κ1) is 10.6. The van der Waals surface area contributed by atoms with E-state index in [1.54, 1.807) is 18.2 Å². The van der Waals surface area contributed by atoms with E-state index in [9.17, 15) is 4.79 Å². The lowest BCUT2D eigenvalue weighted by atomic mass is 10.2. The summed E-state index contributed by atoms with van der Waals surface area (Å²) in [5.74, 6) is 0.229. The van der Waals surface area contributed by atoms with Crippen molar-refractivity contribution in [1.82, 2.24) is 4.98 Å². The number of rotatable bonds is 2. The normalized spacial score (nSPS) is 10.4. The van der Waals surface area contributed by atoms with Crippen LogP contribution in [0.4, 0.5) is 0 Å². The third kappa shape index (κ3) is 1.86. The summed E-state index contributed by atoms with van der Waals surface area (Å²) in [5, 5.41) is 0.904. The zero-order chi connectivity index (χ0) is 12.4. The minimum absolute atomic E-state index is 0.343. The third-order valence-electron chi connectivity index (χ3n) is 2.77. The van der Waals surface area contributed by atoms with Gasteiger partial charge in [0.15, 0.2) is 0 Å². The zero-order valence-corrected chi connectivity index (χ0v) is 9.59. The summed E-state index contributed by atoms with van der Waals surface area (Å²) in [5.41, 5.74) is 1.50. The molecule has 0 saturated heterocycles. The Hall–Kier alpha value is -2.55. The molecule has 0 aliphatic carbocycles. The molecule has 3 heteroatoms. The van der Waals surface area contributed by atoms with Gasteiger partial charge in [-0.25, -0.2) is 4.79 Å². The van der Waals surface area contributed by atoms with Crippen LogP contribution in [0.2, 0.25) is 0 Å². The number of hydrogen-bond acceptors (Lipinski definition) is 2. The monoisotopic (exact) mass is 237 g/mol. The molecular formula is C15H11NO2. The summed E-state index contributed by atoms with van der Waals surface area (Å²) < 4.78 is 5.41. The van der Waals surface area contributed by atoms with Crippen molar-refractivity contribution < 1.29 is 9.53 Å². The van der Waals surface area contributed by atoms with Crippen molar-refractivity contribution >= 4 is 16.9 Å². The van der Waals surface area contributed by atoms with Crippen LogP contribution < -0.4 is 4.74 Å². The first-order valence-electron chi connectivity index (χ1n) is 5.68. The van der Waals surface area contributed by atoms with E-state index < -0.39 is 0 Å². The second-order valence-electron chi connectivity index (χ2n) is 3.95. The van der Waals surface area contributed by atoms with E-state index in [1.807, 2.05) is 42.6 Å². The number of nitrogens with one attached hydrogen (secondary N) is 1. The van der Waals surface area contributed by atoms with Gasteiger partial charge in [0, 0.05) is 17.1 Å². The molecule has 3 rings (SSSR count). The Morgan fingerprint density at radius 2 is 1.78 bits per heavy atom. The molecule has 0 amide bonds. The molecule has 1 N–H and O–H groups in total. The highest BCUT2D eigenvalue weighted by molar-refractivity contribution is 5.94. The van der Waals surface area contributed by atoms with Gasteiger partial charge < -0.3 is 9.72 Å². The minimum atomic E-state index is -0.343. The minimum Gasteiger partial charge on any atom is -0.422 e. The lowest BCUT2D eigenvalue weighted by Crippen LogP contribution is -2.08. The van der Waals surface area contributed by atoms with E-state index in [-0.39, 0.29) is 5.97 Å². The van der Waals surface area contributed by atoms with Crippen LogP contribution >= 0.6 is 0 Å². The van der Waals surface area contributed by atoms with Crippen molar-refractivity contribution in [1.29, 1.82) is 0 Å². The molecule has 0 aliphatic heterocycles. The highest BCUT2D eigenvalue weighted by Gasteiger charge is 2.10. The van der Waals surface area contributed by atoms with Crippen LogP contribution in [-0.2, 0) is 0 Å². The summed E-state index contributed by atoms with van der Waals surface area (Å²) in [7, 11) is 0. The van der Waals surface area contributed by atoms with Crippen LogP contribution in [0.25, 0.3) is 10.9 Å². The molecule has 0 bridgehead atoms. The molecule has 2 aromatic carbocycles. The molecule has 0 spiro atoms. The van der Waals surface area contributed by atoms with E-state index >= 15 is 0 Å². The summed E-state index contributed by atoms with van der Waals surface area (Å²) in [6.07, 6.45) is 1.82. The number of benzene rings is 2. The van der Waals surface area contributed by atoms with Crippen molar-refractivity contribution in [3.8, 4) is 5.75 Å². The largest absolute Gasteiger partial charge is 0.422 e. The number of fused-ring (bicyclic) bond motifs is 1. The van der Waals surface area contributed by atoms with Crippen LogP contribution in [0.1, 0.15) is 10.4 Å². The topological polar surface area (TPSA) is 42.1 Å². The molecule has 1 heterocycles. The van der Waals surface area contributed by atoms with Crippen LogP contribution in [0.3, 0.4) is 0 Å². The molecule has 3 aromatic rings. The Morgan fingerprint density at radius 1 is 0.944 bits per heavy atom. The van der Waals surface area contributed by atoms with Gasteiger partial charge in [0.25, 0.3) is 0 Å². The van der Waals surface area contributed by atoms with Crippen LogP contribution in [0.15, 0.2) is 60.8 Å². The smallest absolute Gasteiger partial charge is 0.343 e. The number of carbonyl (C=O) groups excluding carboxylic acids is 1. The first-order chi connectivity index (χ1) is 8.84. The zero-order valence-electron chi connectivity index (χ0n) is 9.59. The lowest BCUT2D eigenvalue weighted by Gasteiger charge is -2.05. The Kier molecular flexibility index (Phi) is 2.57. The SMILES string of the molecule is O=C(Oc1cccc2[nH]ccc12)c1ccccc1. The van der Waals surface area contributed by atoms with Crippen molar-refractivity contribution in [2.45, 2.75) is 0 Å². The van der Waals surface area contributed by atoms with Crippen LogP contribution in [-0.4, -0.2) is 11.0 Å². The summed E-state index contributed by atoms with van der Waals surface area (Å²) >= 11 is 0. The van der Waals surface area contributed by atoms with Crippen molar-refractivity contribution in [2.24, 2.45) is 0 Å². The van der Waals surface area contributed by atoms with Gasteiger partial charge in [-0.05, 0) is 30.3 Å². The first-order valence-corrected chi connectivity index (χ1v) is 5.68. The summed E-state index contributed by atoms with van der Waals surface area (Å²) in [6.45, 7) is 0. The fourth-order valence-corrected chi connectivity index (χ4v) is 1.88. The Bertz CT molecular complexity index is 686. The molecule has 0 atom stereocenters. The maximum atomic E-state index is 11.9. The molecule has 88 valence electrons. The van der Waals surface area contributed by atoms with E-state index in [0.29, 0.717) is 11.3 Å². The fraction of sp³-hybridized carbons (Fsp3) is 0. The molecule has 3 nitrogen and oxygen atoms in total. The van der Waals surface area contributed by atoms with Gasteiger partial charge in [0.05, 0.1) is 5.56 Å². The van der Waals surface area contributed by atoms with Gasteiger partial charge in [-0.1, -0.05) is 24.3 Å². The average molecular weight is 237 g/mol. The van der Waals surface area contributed by atoms with Gasteiger partial charge in [0.2, 0.25) is 0 Å². The second kappa shape index (κ2) is 4.37. The molecule has 0 aliphatic rings. The summed E-state index contributed by atoms with van der Waals surface area (Å²) in [6, 6.07) is 16.4. The predicted molar refractivity (Wildman–Crippen MR) is 69.7 cm³/mol. The van der Waals surface area contributed by atoms with Gasteiger partial charge >= 0.3 is 5.97 Å². The number of hydrogen-bond donors (Lipinski definition) is 1. The maximum absolute atomic E-state index is 11.9. The van der Waals surface area contributed by atoms with Crippen LogP contribution in [0.5, 0.6) is 5.75 Å². The van der Waals surface area contributed by atoms with Crippen molar-refractivity contribution in [3.63, 3.8) is 0 Å². The number of aromatic nitrogens is 1. The van der Waals surface area contributed by atoms with E-state index in [1.165, 1.54) is 0 Å². The highest BCUT2D eigenvalue weighted by Crippen LogP contribution is 2.25. The number of aromatic amines is 1. The van der Waals surface area contributed by atoms with E-state index in [4.69, 9.17) is 4.74 Å². The summed E-state index contributed by atoms with van der Waals surface area (Å²) in [4.78, 5) is 15.0. The highest BCUT2D eigenvalue weighted by atomic mass is 16.5. The molecule has 0 radical (unpaired) electrons. The Morgan fingerprint density at radius 3 is 2.61 bits per heavy atom. The molecule has 0 fully saturated rings. The number of carbonyl (C=O) groups is 1. The van der Waals surface area contributed by atoms with Gasteiger partial charge in [-0.3, -0.25) is 0 Å². The van der Waals surface area contributed by atoms with Gasteiger partial charge in [-0.2, -0.15) is 0 Å². The Balaban J connectivity index is 1.93. The number of H-pyrrole nitrogens is 1. The third-order valence-corrected chi connectivity index (χ3v) is 2.77. The molecular weight excluding hydrogens is 226 g/mol. The lowest BCUT2D eigenvalue weighted by molar-refractivity contribution is 0.0737. The molecule has 0 saturated carbocycles. The van der Waals surface area contributed by atoms with Crippen molar-refractivity contribution in [3.05, 3.63) is 66.4 Å². The number of ether oxygens (including phenoxy) is 1. The standard InChI is InChI=1S/C15H11NO2/c17-15(11-5-2-1-3-6-11)18-14-8-4-7-13-12(14)9-10-16-13/h1-10,16H. The maximum Gasteiger partial charge on any atom is 0.343 e. The van der Waals surface area contributed by atoms with Gasteiger partial charge in [0.1, 0.15) is 5.75 Å². The fourth-order valence-electron chi connectivity index (χ4n) is 1.88. The molecule has 1 aromatic heterocycles. The molecule has 0 unspecified atom stereocenters. The Labute approximate surface area is 104 Å². The second-order valence-corrected chi connectivity index (χ2v) is 3.95. The van der Waals surface area contributed by atoms with E-state index in [2.05, 4.69) is 4.98 Å². The molecule has 18 heavy (non-hydrogen) atoms. The van der Waals surface area contributed by atoms with Crippen molar-refractivity contribution in [2.75, 3.05) is 0 Å². The number of esters is 1. The predicted octanol–water partition coefficient (Wildman–Crippen LogP) is 3.39. The van der Waals surface area contributed by atoms with E-state index in [0.717, 1.165) is 10.9 Å². The van der Waals surface area contributed by atoms with Gasteiger partial charge in [-0.15, -0.1) is 0 Å².